The van der Waals surface area contributed by atoms with Gasteiger partial charge in [-0.15, -0.1) is 0 Å². The van der Waals surface area contributed by atoms with Crippen LogP contribution in [0.25, 0.3) is 11.1 Å². The first kappa shape index (κ1) is 12.0. The molecule has 0 aliphatic rings. The summed E-state index contributed by atoms with van der Waals surface area (Å²) < 4.78 is 6.04. The van der Waals surface area contributed by atoms with Gasteiger partial charge >= 0.3 is 0 Å². The third-order valence-electron chi connectivity index (χ3n) is 2.63. The molecule has 0 amide bonds. The minimum atomic E-state index is 0.254. The number of phenols is 1. The summed E-state index contributed by atoms with van der Waals surface area (Å²) in [5.41, 5.74) is 3.18. The number of aryl methyl sites for hydroxylation is 1. The molecular weight excluding hydrogens is 280 g/mol. The summed E-state index contributed by atoms with van der Waals surface area (Å²) in [4.78, 5) is 0. The molecule has 0 saturated carbocycles. The van der Waals surface area contributed by atoms with Crippen molar-refractivity contribution in [2.45, 2.75) is 6.92 Å². The molecule has 0 aliphatic heterocycles. The van der Waals surface area contributed by atoms with Crippen molar-refractivity contribution in [2.24, 2.45) is 0 Å². The first-order valence-electron chi connectivity index (χ1n) is 5.25. The predicted molar refractivity (Wildman–Crippen MR) is 72.5 cm³/mol. The number of benzene rings is 2. The van der Waals surface area contributed by atoms with Crippen molar-refractivity contribution in [3.8, 4) is 22.6 Å². The van der Waals surface area contributed by atoms with E-state index in [2.05, 4.69) is 15.9 Å². The summed E-state index contributed by atoms with van der Waals surface area (Å²) in [5, 5.41) is 9.59. The molecule has 0 heterocycles. The van der Waals surface area contributed by atoms with Gasteiger partial charge in [0, 0.05) is 4.47 Å². The fourth-order valence-electron chi connectivity index (χ4n) is 1.82. The number of aromatic hydroxyl groups is 1. The summed E-state index contributed by atoms with van der Waals surface area (Å²) in [6, 6.07) is 11.3. The highest BCUT2D eigenvalue weighted by Gasteiger charge is 2.05. The highest BCUT2D eigenvalue weighted by Crippen LogP contribution is 2.31. The van der Waals surface area contributed by atoms with Crippen LogP contribution < -0.4 is 4.74 Å². The lowest BCUT2D eigenvalue weighted by Crippen LogP contribution is -1.87. The summed E-state index contributed by atoms with van der Waals surface area (Å²) in [5.74, 6) is 1.09. The monoisotopic (exact) mass is 292 g/mol. The van der Waals surface area contributed by atoms with Crippen molar-refractivity contribution in [3.63, 3.8) is 0 Å². The van der Waals surface area contributed by atoms with E-state index in [0.29, 0.717) is 0 Å². The quantitative estimate of drug-likeness (QED) is 0.901. The fourth-order valence-corrected chi connectivity index (χ4v) is 2.30. The molecule has 17 heavy (non-hydrogen) atoms. The maximum absolute atomic E-state index is 9.59. The van der Waals surface area contributed by atoms with Crippen LogP contribution in [0.2, 0.25) is 0 Å². The molecule has 0 atom stereocenters. The molecule has 1 N–H and O–H groups in total. The Balaban J connectivity index is 2.52. The van der Waals surface area contributed by atoms with Gasteiger partial charge in [0.25, 0.3) is 0 Å². The van der Waals surface area contributed by atoms with Gasteiger partial charge in [0.05, 0.1) is 7.11 Å². The third kappa shape index (κ3) is 2.61. The van der Waals surface area contributed by atoms with Crippen molar-refractivity contribution in [1.29, 1.82) is 0 Å². The minimum Gasteiger partial charge on any atom is -0.508 e. The van der Waals surface area contributed by atoms with E-state index < -0.39 is 0 Å². The smallest absolute Gasteiger partial charge is 0.119 e. The maximum atomic E-state index is 9.59. The zero-order valence-corrected chi connectivity index (χ0v) is 11.3. The average Bonchev–Trinajstić information content (AvgIpc) is 2.27. The highest BCUT2D eigenvalue weighted by molar-refractivity contribution is 9.10. The Bertz CT molecular complexity index is 530. The second-order valence-electron chi connectivity index (χ2n) is 3.88. The van der Waals surface area contributed by atoms with Gasteiger partial charge in [0.2, 0.25) is 0 Å². The molecule has 0 aliphatic carbocycles. The van der Waals surface area contributed by atoms with Crippen molar-refractivity contribution < 1.29 is 9.84 Å². The molecule has 88 valence electrons. The van der Waals surface area contributed by atoms with Gasteiger partial charge in [-0.05, 0) is 53.9 Å². The second-order valence-corrected chi connectivity index (χ2v) is 4.79. The van der Waals surface area contributed by atoms with Crippen molar-refractivity contribution in [2.75, 3.05) is 7.11 Å². The lowest BCUT2D eigenvalue weighted by atomic mass is 10.0. The molecule has 0 bridgehead atoms. The number of rotatable bonds is 2. The predicted octanol–water partition coefficient (Wildman–Crippen LogP) is 4.14. The van der Waals surface area contributed by atoms with Crippen LogP contribution in [-0.4, -0.2) is 12.2 Å². The largest absolute Gasteiger partial charge is 0.508 e. The molecule has 0 fully saturated rings. The normalized spacial score (nSPS) is 10.3. The van der Waals surface area contributed by atoms with E-state index in [9.17, 15) is 5.11 Å². The van der Waals surface area contributed by atoms with Crippen molar-refractivity contribution in [1.82, 2.24) is 0 Å². The van der Waals surface area contributed by atoms with Gasteiger partial charge in [-0.25, -0.2) is 0 Å². The Labute approximate surface area is 109 Å². The second kappa shape index (κ2) is 4.80. The van der Waals surface area contributed by atoms with E-state index in [-0.39, 0.29) is 5.75 Å². The molecule has 3 heteroatoms. The molecule has 2 aromatic rings. The van der Waals surface area contributed by atoms with Crippen LogP contribution in [0.15, 0.2) is 40.9 Å². The van der Waals surface area contributed by atoms with Gasteiger partial charge in [0.15, 0.2) is 0 Å². The number of hydrogen-bond donors (Lipinski definition) is 1. The topological polar surface area (TPSA) is 29.5 Å². The Morgan fingerprint density at radius 3 is 2.47 bits per heavy atom. The van der Waals surface area contributed by atoms with Crippen molar-refractivity contribution in [3.05, 3.63) is 46.4 Å². The van der Waals surface area contributed by atoms with Crippen LogP contribution in [0.4, 0.5) is 0 Å². The van der Waals surface area contributed by atoms with Gasteiger partial charge in [-0.3, -0.25) is 0 Å². The van der Waals surface area contributed by atoms with Crippen LogP contribution in [0.5, 0.6) is 11.5 Å². The molecule has 2 rings (SSSR count). The molecule has 2 aromatic carbocycles. The number of ether oxygens (including phenoxy) is 1. The SMILES string of the molecule is COc1ccc(-c2cc(O)cc(Br)c2)c(C)c1. The lowest BCUT2D eigenvalue weighted by molar-refractivity contribution is 0.414. The van der Waals surface area contributed by atoms with Crippen LogP contribution in [0, 0.1) is 6.92 Å². The van der Waals surface area contributed by atoms with E-state index in [4.69, 9.17) is 4.74 Å². The van der Waals surface area contributed by atoms with Crippen molar-refractivity contribution >= 4 is 15.9 Å². The fraction of sp³-hybridized carbons (Fsp3) is 0.143. The van der Waals surface area contributed by atoms with E-state index in [1.165, 1.54) is 0 Å². The highest BCUT2D eigenvalue weighted by atomic mass is 79.9. The first-order valence-corrected chi connectivity index (χ1v) is 6.04. The van der Waals surface area contributed by atoms with Gasteiger partial charge in [0.1, 0.15) is 11.5 Å². The standard InChI is InChI=1S/C14H13BrO2/c1-9-5-13(17-2)3-4-14(9)10-6-11(15)8-12(16)7-10/h3-8,16H,1-2H3. The Kier molecular flexibility index (Phi) is 3.38. The van der Waals surface area contributed by atoms with Gasteiger partial charge in [-0.1, -0.05) is 22.0 Å². The summed E-state index contributed by atoms with van der Waals surface area (Å²) in [6.07, 6.45) is 0. The molecule has 0 unspecified atom stereocenters. The molecular formula is C14H13BrO2. The molecule has 2 nitrogen and oxygen atoms in total. The summed E-state index contributed by atoms with van der Waals surface area (Å²) >= 11 is 3.38. The first-order chi connectivity index (χ1) is 8.10. The summed E-state index contributed by atoms with van der Waals surface area (Å²) in [7, 11) is 1.65. The van der Waals surface area contributed by atoms with E-state index in [1.54, 1.807) is 19.2 Å². The zero-order valence-electron chi connectivity index (χ0n) is 9.70. The van der Waals surface area contributed by atoms with E-state index in [1.807, 2.05) is 31.2 Å². The minimum absolute atomic E-state index is 0.254. The van der Waals surface area contributed by atoms with Gasteiger partial charge in [-0.2, -0.15) is 0 Å². The number of methoxy groups -OCH3 is 1. The summed E-state index contributed by atoms with van der Waals surface area (Å²) in [6.45, 7) is 2.02. The Hall–Kier alpha value is -1.48. The number of halogens is 1. The van der Waals surface area contributed by atoms with E-state index in [0.717, 1.165) is 26.9 Å². The van der Waals surface area contributed by atoms with Gasteiger partial charge < -0.3 is 9.84 Å². The molecule has 0 aromatic heterocycles. The Morgan fingerprint density at radius 1 is 1.12 bits per heavy atom. The average molecular weight is 293 g/mol. The van der Waals surface area contributed by atoms with Crippen LogP contribution in [0.3, 0.4) is 0 Å². The molecule has 0 radical (unpaired) electrons. The maximum Gasteiger partial charge on any atom is 0.119 e. The Morgan fingerprint density at radius 2 is 1.88 bits per heavy atom. The number of hydrogen-bond acceptors (Lipinski definition) is 2. The van der Waals surface area contributed by atoms with Crippen LogP contribution in [0.1, 0.15) is 5.56 Å². The van der Waals surface area contributed by atoms with Crippen LogP contribution >= 0.6 is 15.9 Å². The number of phenolic OH excluding ortho intramolecular Hbond substituents is 1. The van der Waals surface area contributed by atoms with Crippen LogP contribution in [-0.2, 0) is 0 Å². The molecule has 0 spiro atoms. The third-order valence-corrected chi connectivity index (χ3v) is 3.08. The molecule has 0 saturated heterocycles. The van der Waals surface area contributed by atoms with E-state index >= 15 is 0 Å². The zero-order chi connectivity index (χ0) is 12.4. The lowest BCUT2D eigenvalue weighted by Gasteiger charge is -2.09.